The molecule has 7 nitrogen and oxygen atoms in total. The Bertz CT molecular complexity index is 1020. The number of nitrogens with one attached hydrogen (secondary N) is 1. The highest BCUT2D eigenvalue weighted by atomic mass is 32.2. The zero-order chi connectivity index (χ0) is 23.2. The third-order valence-electron chi connectivity index (χ3n) is 5.06. The molecule has 31 heavy (non-hydrogen) atoms. The van der Waals surface area contributed by atoms with Crippen LogP contribution < -0.4 is 9.62 Å². The van der Waals surface area contributed by atoms with Crippen molar-refractivity contribution < 1.29 is 18.0 Å². The number of sulfonamides is 1. The van der Waals surface area contributed by atoms with Crippen molar-refractivity contribution in [2.24, 2.45) is 0 Å². The molecule has 0 spiro atoms. The molecule has 0 saturated carbocycles. The first-order valence-electron chi connectivity index (χ1n) is 10.2. The summed E-state index contributed by atoms with van der Waals surface area (Å²) in [7, 11) is -3.72. The first-order valence-corrected chi connectivity index (χ1v) is 12.1. The number of hydrogen-bond donors (Lipinski definition) is 1. The summed E-state index contributed by atoms with van der Waals surface area (Å²) in [5.41, 5.74) is 3.12. The fourth-order valence-corrected chi connectivity index (χ4v) is 4.14. The molecule has 2 amide bonds. The number of carbonyl (C=O) groups excluding carboxylic acids is 2. The predicted octanol–water partition coefficient (Wildman–Crippen LogP) is 2.62. The van der Waals surface area contributed by atoms with Gasteiger partial charge in [0.25, 0.3) is 0 Å². The Balaban J connectivity index is 2.38. The predicted molar refractivity (Wildman–Crippen MR) is 123 cm³/mol. The SMILES string of the molecule is CCNC(=O)[C@H](C)N(Cc1ccc(C)cc1)C(=O)CN(c1ccccc1C)S(C)(=O)=O. The molecule has 1 atom stereocenters. The number of benzene rings is 2. The molecule has 2 rings (SSSR count). The standard InChI is InChI=1S/C23H31N3O4S/c1-6-24-23(28)19(4)25(15-20-13-11-17(2)12-14-20)22(27)16-26(31(5,29)30)21-10-8-7-9-18(21)3/h7-14,19H,6,15-16H2,1-5H3,(H,24,28)/t19-/m0/s1. The molecule has 0 bridgehead atoms. The number of amides is 2. The Kier molecular flexibility index (Phi) is 8.21. The Morgan fingerprint density at radius 1 is 1.03 bits per heavy atom. The maximum Gasteiger partial charge on any atom is 0.244 e. The second-order valence-electron chi connectivity index (χ2n) is 7.63. The molecular formula is C23H31N3O4S. The summed E-state index contributed by atoms with van der Waals surface area (Å²) >= 11 is 0. The van der Waals surface area contributed by atoms with Crippen LogP contribution in [-0.2, 0) is 26.2 Å². The molecule has 0 aliphatic rings. The van der Waals surface area contributed by atoms with Crippen molar-refractivity contribution in [3.05, 3.63) is 65.2 Å². The fraction of sp³-hybridized carbons (Fsp3) is 0.391. The number of nitrogens with zero attached hydrogens (tertiary/aromatic N) is 2. The van der Waals surface area contributed by atoms with Gasteiger partial charge in [-0.15, -0.1) is 0 Å². The number of aryl methyl sites for hydroxylation is 2. The van der Waals surface area contributed by atoms with E-state index in [4.69, 9.17) is 0 Å². The molecule has 8 heteroatoms. The zero-order valence-corrected chi connectivity index (χ0v) is 19.6. The van der Waals surface area contributed by atoms with Crippen molar-refractivity contribution in [2.75, 3.05) is 23.7 Å². The van der Waals surface area contributed by atoms with Crippen molar-refractivity contribution >= 4 is 27.5 Å². The van der Waals surface area contributed by atoms with Gasteiger partial charge >= 0.3 is 0 Å². The topological polar surface area (TPSA) is 86.8 Å². The van der Waals surface area contributed by atoms with E-state index in [1.54, 1.807) is 39.0 Å². The van der Waals surface area contributed by atoms with Crippen molar-refractivity contribution in [2.45, 2.75) is 40.3 Å². The molecule has 0 aliphatic carbocycles. The summed E-state index contributed by atoms with van der Waals surface area (Å²) in [6.45, 7) is 7.46. The Hall–Kier alpha value is -2.87. The van der Waals surface area contributed by atoms with Crippen LogP contribution in [0.4, 0.5) is 5.69 Å². The van der Waals surface area contributed by atoms with E-state index in [2.05, 4.69) is 5.32 Å². The van der Waals surface area contributed by atoms with E-state index in [1.165, 1.54) is 4.90 Å². The summed E-state index contributed by atoms with van der Waals surface area (Å²) in [6.07, 6.45) is 1.07. The first kappa shape index (κ1) is 24.4. The summed E-state index contributed by atoms with van der Waals surface area (Å²) in [6, 6.07) is 13.9. The van der Waals surface area contributed by atoms with Crippen molar-refractivity contribution in [3.8, 4) is 0 Å². The van der Waals surface area contributed by atoms with Crippen LogP contribution in [0.2, 0.25) is 0 Å². The molecule has 0 saturated heterocycles. The lowest BCUT2D eigenvalue weighted by Gasteiger charge is -2.31. The van der Waals surface area contributed by atoms with Gasteiger partial charge in [-0.3, -0.25) is 13.9 Å². The van der Waals surface area contributed by atoms with E-state index in [9.17, 15) is 18.0 Å². The molecular weight excluding hydrogens is 414 g/mol. The third kappa shape index (κ3) is 6.55. The molecule has 1 N–H and O–H groups in total. The van der Waals surface area contributed by atoms with Crippen LogP contribution in [0.1, 0.15) is 30.5 Å². The van der Waals surface area contributed by atoms with Gasteiger partial charge in [0.05, 0.1) is 11.9 Å². The molecule has 168 valence electrons. The maximum absolute atomic E-state index is 13.3. The highest BCUT2D eigenvalue weighted by Gasteiger charge is 2.30. The van der Waals surface area contributed by atoms with Gasteiger partial charge in [-0.25, -0.2) is 8.42 Å². The molecule has 0 unspecified atom stereocenters. The van der Waals surface area contributed by atoms with Crippen LogP contribution in [-0.4, -0.2) is 50.5 Å². The number of para-hydroxylation sites is 1. The number of rotatable bonds is 9. The second-order valence-corrected chi connectivity index (χ2v) is 9.54. The lowest BCUT2D eigenvalue weighted by atomic mass is 10.1. The van der Waals surface area contributed by atoms with Gasteiger partial charge in [-0.1, -0.05) is 48.0 Å². The molecule has 0 heterocycles. The first-order chi connectivity index (χ1) is 14.5. The van der Waals surface area contributed by atoms with Crippen molar-refractivity contribution in [1.82, 2.24) is 10.2 Å². The van der Waals surface area contributed by atoms with E-state index in [-0.39, 0.29) is 19.0 Å². The highest BCUT2D eigenvalue weighted by molar-refractivity contribution is 7.92. The Morgan fingerprint density at radius 3 is 2.19 bits per heavy atom. The Labute approximate surface area is 185 Å². The number of likely N-dealkylation sites (N-methyl/N-ethyl adjacent to an activating group) is 1. The van der Waals surface area contributed by atoms with Gasteiger partial charge in [-0.05, 0) is 44.9 Å². The summed E-state index contributed by atoms with van der Waals surface area (Å²) < 4.78 is 26.1. The Morgan fingerprint density at radius 2 is 1.65 bits per heavy atom. The van der Waals surface area contributed by atoms with Gasteiger partial charge in [0.1, 0.15) is 12.6 Å². The quantitative estimate of drug-likeness (QED) is 0.643. The fourth-order valence-electron chi connectivity index (χ4n) is 3.23. The molecule has 0 fully saturated rings. The molecule has 2 aromatic carbocycles. The van der Waals surface area contributed by atoms with Crippen LogP contribution in [0, 0.1) is 13.8 Å². The van der Waals surface area contributed by atoms with Gasteiger partial charge in [-0.2, -0.15) is 0 Å². The van der Waals surface area contributed by atoms with Crippen LogP contribution in [0.5, 0.6) is 0 Å². The molecule has 0 radical (unpaired) electrons. The smallest absolute Gasteiger partial charge is 0.244 e. The van der Waals surface area contributed by atoms with E-state index >= 15 is 0 Å². The van der Waals surface area contributed by atoms with Crippen LogP contribution >= 0.6 is 0 Å². The second kappa shape index (κ2) is 10.4. The zero-order valence-electron chi connectivity index (χ0n) is 18.8. The van der Waals surface area contributed by atoms with Crippen molar-refractivity contribution in [1.29, 1.82) is 0 Å². The highest BCUT2D eigenvalue weighted by Crippen LogP contribution is 2.22. The molecule has 2 aromatic rings. The summed E-state index contributed by atoms with van der Waals surface area (Å²) in [5, 5.41) is 2.74. The number of anilines is 1. The maximum atomic E-state index is 13.3. The summed E-state index contributed by atoms with van der Waals surface area (Å²) in [4.78, 5) is 27.3. The van der Waals surface area contributed by atoms with Crippen molar-refractivity contribution in [3.63, 3.8) is 0 Å². The van der Waals surface area contributed by atoms with Gasteiger partial charge in [0.15, 0.2) is 0 Å². The van der Waals surface area contributed by atoms with E-state index in [1.807, 2.05) is 37.3 Å². The van der Waals surface area contributed by atoms with Gasteiger partial charge in [0, 0.05) is 13.1 Å². The van der Waals surface area contributed by atoms with Crippen LogP contribution in [0.15, 0.2) is 48.5 Å². The van der Waals surface area contributed by atoms with Gasteiger partial charge < -0.3 is 10.2 Å². The largest absolute Gasteiger partial charge is 0.355 e. The monoisotopic (exact) mass is 445 g/mol. The average Bonchev–Trinajstić information content (AvgIpc) is 2.71. The average molecular weight is 446 g/mol. The van der Waals surface area contributed by atoms with E-state index in [0.717, 1.165) is 27.3 Å². The van der Waals surface area contributed by atoms with Gasteiger partial charge in [0.2, 0.25) is 21.8 Å². The normalized spacial score (nSPS) is 12.2. The number of carbonyl (C=O) groups is 2. The number of hydrogen-bond acceptors (Lipinski definition) is 4. The summed E-state index contributed by atoms with van der Waals surface area (Å²) in [5.74, 6) is -0.738. The minimum absolute atomic E-state index is 0.197. The van der Waals surface area contributed by atoms with E-state index < -0.39 is 22.0 Å². The van der Waals surface area contributed by atoms with Crippen LogP contribution in [0.3, 0.4) is 0 Å². The molecule has 0 aliphatic heterocycles. The molecule has 0 aromatic heterocycles. The lowest BCUT2D eigenvalue weighted by molar-refractivity contribution is -0.139. The van der Waals surface area contributed by atoms with E-state index in [0.29, 0.717) is 12.2 Å². The lowest BCUT2D eigenvalue weighted by Crippen LogP contribution is -2.51. The minimum atomic E-state index is -3.72. The third-order valence-corrected chi connectivity index (χ3v) is 6.18. The van der Waals surface area contributed by atoms with Crippen LogP contribution in [0.25, 0.3) is 0 Å². The minimum Gasteiger partial charge on any atom is -0.355 e.